The SMILES string of the molecule is CCOC(=O)C1CCN(c2cccc(CO[Si](C)(C)C(C)(C)C)n2)CC1. The van der Waals surface area contributed by atoms with E-state index in [1.54, 1.807) is 0 Å². The Labute approximate surface area is 159 Å². The van der Waals surface area contributed by atoms with Crippen LogP contribution in [0.1, 0.15) is 46.2 Å². The average Bonchev–Trinajstić information content (AvgIpc) is 2.60. The fraction of sp³-hybridized carbons (Fsp3) is 0.700. The van der Waals surface area contributed by atoms with Crippen LogP contribution >= 0.6 is 0 Å². The van der Waals surface area contributed by atoms with Crippen LogP contribution in [0, 0.1) is 5.92 Å². The molecule has 0 N–H and O–H groups in total. The van der Waals surface area contributed by atoms with Crippen LogP contribution in [0.25, 0.3) is 0 Å². The molecule has 1 aliphatic rings. The maximum Gasteiger partial charge on any atom is 0.309 e. The van der Waals surface area contributed by atoms with Gasteiger partial charge in [0.2, 0.25) is 0 Å². The first-order valence-corrected chi connectivity index (χ1v) is 12.6. The molecule has 1 saturated heterocycles. The molecule has 0 unspecified atom stereocenters. The van der Waals surface area contributed by atoms with Crippen molar-refractivity contribution in [1.82, 2.24) is 4.98 Å². The lowest BCUT2D eigenvalue weighted by molar-refractivity contribution is -0.148. The minimum atomic E-state index is -1.78. The Morgan fingerprint density at radius 2 is 1.92 bits per heavy atom. The topological polar surface area (TPSA) is 51.7 Å². The van der Waals surface area contributed by atoms with Gasteiger partial charge in [0.1, 0.15) is 5.82 Å². The van der Waals surface area contributed by atoms with E-state index in [0.717, 1.165) is 37.4 Å². The Bertz CT molecular complexity index is 605. The highest BCUT2D eigenvalue weighted by atomic mass is 28.4. The Hall–Kier alpha value is -1.40. The first-order valence-electron chi connectivity index (χ1n) is 9.65. The maximum atomic E-state index is 11.9. The van der Waals surface area contributed by atoms with Gasteiger partial charge in [-0.25, -0.2) is 4.98 Å². The predicted molar refractivity (Wildman–Crippen MR) is 108 cm³/mol. The van der Waals surface area contributed by atoms with E-state index in [1.807, 2.05) is 25.1 Å². The second-order valence-electron chi connectivity index (χ2n) is 8.55. The lowest BCUT2D eigenvalue weighted by Crippen LogP contribution is -2.40. The van der Waals surface area contributed by atoms with Crippen LogP contribution < -0.4 is 4.90 Å². The number of carbonyl (C=O) groups is 1. The van der Waals surface area contributed by atoms with E-state index in [-0.39, 0.29) is 16.9 Å². The van der Waals surface area contributed by atoms with Gasteiger partial charge in [0.05, 0.1) is 24.8 Å². The molecule has 26 heavy (non-hydrogen) atoms. The molecule has 2 rings (SSSR count). The number of hydrogen-bond donors (Lipinski definition) is 0. The molecular formula is C20H34N2O3Si. The molecule has 1 aromatic rings. The van der Waals surface area contributed by atoms with Gasteiger partial charge in [-0.05, 0) is 50.0 Å². The highest BCUT2D eigenvalue weighted by molar-refractivity contribution is 6.74. The number of nitrogens with zero attached hydrogens (tertiary/aromatic N) is 2. The normalized spacial score (nSPS) is 16.6. The molecule has 0 aromatic carbocycles. The van der Waals surface area contributed by atoms with Gasteiger partial charge >= 0.3 is 5.97 Å². The van der Waals surface area contributed by atoms with E-state index in [4.69, 9.17) is 14.1 Å². The van der Waals surface area contributed by atoms with Gasteiger partial charge in [-0.3, -0.25) is 4.79 Å². The van der Waals surface area contributed by atoms with Gasteiger partial charge in [-0.15, -0.1) is 0 Å². The second-order valence-corrected chi connectivity index (χ2v) is 13.4. The summed E-state index contributed by atoms with van der Waals surface area (Å²) < 4.78 is 11.4. The summed E-state index contributed by atoms with van der Waals surface area (Å²) in [6.45, 7) is 15.8. The molecule has 6 heteroatoms. The lowest BCUT2D eigenvalue weighted by Gasteiger charge is -2.36. The molecule has 5 nitrogen and oxygen atoms in total. The van der Waals surface area contributed by atoms with Crippen LogP contribution in [-0.4, -0.2) is 39.0 Å². The van der Waals surface area contributed by atoms with Gasteiger partial charge in [0.25, 0.3) is 0 Å². The Balaban J connectivity index is 1.95. The van der Waals surface area contributed by atoms with Crippen LogP contribution in [0.2, 0.25) is 18.1 Å². The van der Waals surface area contributed by atoms with Gasteiger partial charge in [0, 0.05) is 13.1 Å². The van der Waals surface area contributed by atoms with Crippen LogP contribution in [-0.2, 0) is 20.6 Å². The lowest BCUT2D eigenvalue weighted by atomic mass is 9.97. The van der Waals surface area contributed by atoms with Crippen LogP contribution in [0.15, 0.2) is 18.2 Å². The van der Waals surface area contributed by atoms with Crippen LogP contribution in [0.4, 0.5) is 5.82 Å². The summed E-state index contributed by atoms with van der Waals surface area (Å²) in [7, 11) is -1.78. The summed E-state index contributed by atoms with van der Waals surface area (Å²) in [6, 6.07) is 6.12. The predicted octanol–water partition coefficient (Wildman–Crippen LogP) is 4.38. The zero-order valence-corrected chi connectivity index (χ0v) is 18.2. The molecule has 146 valence electrons. The van der Waals surface area contributed by atoms with Crippen molar-refractivity contribution in [3.05, 3.63) is 23.9 Å². The number of ether oxygens (including phenoxy) is 1. The van der Waals surface area contributed by atoms with Crippen molar-refractivity contribution in [3.8, 4) is 0 Å². The van der Waals surface area contributed by atoms with E-state index >= 15 is 0 Å². The summed E-state index contributed by atoms with van der Waals surface area (Å²) in [5, 5.41) is 0.194. The third kappa shape index (κ3) is 5.30. The molecule has 0 radical (unpaired) electrons. The summed E-state index contributed by atoms with van der Waals surface area (Å²) in [4.78, 5) is 18.9. The van der Waals surface area contributed by atoms with Crippen LogP contribution in [0.5, 0.6) is 0 Å². The standard InChI is InChI=1S/C20H34N2O3Si/c1-7-24-19(23)16-11-13-22(14-12-16)18-10-8-9-17(21-18)15-25-26(5,6)20(2,3)4/h8-10,16H,7,11-15H2,1-6H3. The first-order chi connectivity index (χ1) is 12.1. The zero-order valence-electron chi connectivity index (χ0n) is 17.2. The summed E-state index contributed by atoms with van der Waals surface area (Å²) >= 11 is 0. The number of pyridine rings is 1. The molecule has 0 spiro atoms. The highest BCUT2D eigenvalue weighted by Crippen LogP contribution is 2.37. The quantitative estimate of drug-likeness (QED) is 0.543. The van der Waals surface area contributed by atoms with Gasteiger partial charge < -0.3 is 14.1 Å². The monoisotopic (exact) mass is 378 g/mol. The van der Waals surface area contributed by atoms with E-state index in [0.29, 0.717) is 13.2 Å². The summed E-state index contributed by atoms with van der Waals surface area (Å²) in [5.41, 5.74) is 0.972. The molecule has 0 saturated carbocycles. The molecule has 0 aliphatic carbocycles. The summed E-state index contributed by atoms with van der Waals surface area (Å²) in [5.74, 6) is 0.941. The fourth-order valence-electron chi connectivity index (χ4n) is 2.80. The largest absolute Gasteiger partial charge is 0.466 e. The van der Waals surface area contributed by atoms with Crippen molar-refractivity contribution in [2.24, 2.45) is 5.92 Å². The molecular weight excluding hydrogens is 344 g/mol. The van der Waals surface area contributed by atoms with E-state index in [1.165, 1.54) is 0 Å². The molecule has 1 fully saturated rings. The number of hydrogen-bond acceptors (Lipinski definition) is 5. The van der Waals surface area contributed by atoms with E-state index in [2.05, 4.69) is 38.8 Å². The number of carbonyl (C=O) groups excluding carboxylic acids is 1. The van der Waals surface area contributed by atoms with Crippen molar-refractivity contribution >= 4 is 20.1 Å². The highest BCUT2D eigenvalue weighted by Gasteiger charge is 2.37. The number of piperidine rings is 1. The second kappa shape index (κ2) is 8.52. The number of rotatable bonds is 6. The molecule has 0 amide bonds. The van der Waals surface area contributed by atoms with Crippen molar-refractivity contribution < 1.29 is 14.0 Å². The van der Waals surface area contributed by atoms with Crippen LogP contribution in [0.3, 0.4) is 0 Å². The molecule has 0 bridgehead atoms. The van der Waals surface area contributed by atoms with Gasteiger partial charge in [-0.1, -0.05) is 26.8 Å². The molecule has 1 aliphatic heterocycles. The number of anilines is 1. The minimum Gasteiger partial charge on any atom is -0.466 e. The van der Waals surface area contributed by atoms with Crippen molar-refractivity contribution in [2.45, 2.75) is 65.3 Å². The Kier molecular flexibility index (Phi) is 6.85. The number of esters is 1. The summed E-state index contributed by atoms with van der Waals surface area (Å²) in [6.07, 6.45) is 1.65. The first kappa shape index (κ1) is 20.9. The molecule has 2 heterocycles. The smallest absolute Gasteiger partial charge is 0.309 e. The van der Waals surface area contributed by atoms with Gasteiger partial charge in [-0.2, -0.15) is 0 Å². The fourth-order valence-corrected chi connectivity index (χ4v) is 3.74. The third-order valence-electron chi connectivity index (χ3n) is 5.62. The zero-order chi connectivity index (χ0) is 19.4. The van der Waals surface area contributed by atoms with Gasteiger partial charge in [0.15, 0.2) is 8.32 Å². The van der Waals surface area contributed by atoms with E-state index in [9.17, 15) is 4.79 Å². The molecule has 0 atom stereocenters. The average molecular weight is 379 g/mol. The molecule has 1 aromatic heterocycles. The van der Waals surface area contributed by atoms with Crippen molar-refractivity contribution in [3.63, 3.8) is 0 Å². The Morgan fingerprint density at radius 1 is 1.27 bits per heavy atom. The van der Waals surface area contributed by atoms with Crippen molar-refractivity contribution in [2.75, 3.05) is 24.6 Å². The number of aromatic nitrogens is 1. The minimum absolute atomic E-state index is 0.0244. The van der Waals surface area contributed by atoms with E-state index < -0.39 is 8.32 Å². The third-order valence-corrected chi connectivity index (χ3v) is 10.1. The van der Waals surface area contributed by atoms with Crippen molar-refractivity contribution in [1.29, 1.82) is 0 Å². The maximum absolute atomic E-state index is 11.9. The Morgan fingerprint density at radius 3 is 2.50 bits per heavy atom.